The number of nitrogens with zero attached hydrogens (tertiary/aromatic N) is 2. The fourth-order valence-corrected chi connectivity index (χ4v) is 2.75. The Kier molecular flexibility index (Phi) is 9.31. The average molecular weight is 399 g/mol. The smallest absolute Gasteiger partial charge is 0.191 e. The fourth-order valence-electron chi connectivity index (χ4n) is 2.75. The summed E-state index contributed by atoms with van der Waals surface area (Å²) in [5, 5.41) is 6.68. The van der Waals surface area contributed by atoms with Crippen LogP contribution in [-0.2, 0) is 13.1 Å². The molecule has 0 bridgehead atoms. The minimum Gasteiger partial charge on any atom is -0.497 e. The van der Waals surface area contributed by atoms with Gasteiger partial charge >= 0.3 is 0 Å². The van der Waals surface area contributed by atoms with Gasteiger partial charge in [-0.25, -0.2) is 0 Å². The van der Waals surface area contributed by atoms with E-state index < -0.39 is 0 Å². The third kappa shape index (κ3) is 7.66. The van der Waals surface area contributed by atoms with Crippen molar-refractivity contribution in [1.82, 2.24) is 15.5 Å². The minimum absolute atomic E-state index is 0.510. The summed E-state index contributed by atoms with van der Waals surface area (Å²) < 4.78 is 10.9. The van der Waals surface area contributed by atoms with Crippen molar-refractivity contribution < 1.29 is 9.47 Å². The van der Waals surface area contributed by atoms with Gasteiger partial charge in [-0.05, 0) is 56.3 Å². The van der Waals surface area contributed by atoms with Crippen molar-refractivity contribution in [2.24, 2.45) is 4.99 Å². The molecule has 0 saturated heterocycles. The van der Waals surface area contributed by atoms with Crippen LogP contribution in [0.1, 0.15) is 25.0 Å². The quantitative estimate of drug-likeness (QED) is 0.365. The van der Waals surface area contributed by atoms with Crippen LogP contribution < -0.4 is 20.1 Å². The zero-order chi connectivity index (χ0) is 21.1. The molecule has 0 aromatic heterocycles. The molecule has 0 atom stereocenters. The molecule has 0 aliphatic carbocycles. The maximum atomic E-state index is 5.74. The zero-order valence-electron chi connectivity index (χ0n) is 18.2. The summed E-state index contributed by atoms with van der Waals surface area (Å²) in [6.45, 7) is 7.27. The molecule has 2 rings (SSSR count). The molecule has 2 aromatic carbocycles. The Morgan fingerprint density at radius 2 is 1.66 bits per heavy atom. The summed E-state index contributed by atoms with van der Waals surface area (Å²) in [5.74, 6) is 2.40. The van der Waals surface area contributed by atoms with Crippen LogP contribution in [0.3, 0.4) is 0 Å². The number of hydrogen-bond acceptors (Lipinski definition) is 4. The molecule has 2 aromatic rings. The molecule has 0 amide bonds. The molecule has 158 valence electrons. The van der Waals surface area contributed by atoms with Crippen molar-refractivity contribution in [1.29, 1.82) is 0 Å². The van der Waals surface area contributed by atoms with Gasteiger partial charge < -0.3 is 20.1 Å². The molecule has 0 spiro atoms. The Morgan fingerprint density at radius 1 is 1.00 bits per heavy atom. The van der Waals surface area contributed by atoms with Crippen molar-refractivity contribution in [3.8, 4) is 11.5 Å². The Balaban J connectivity index is 1.79. The second-order valence-corrected chi connectivity index (χ2v) is 7.15. The van der Waals surface area contributed by atoms with Crippen LogP contribution in [-0.4, -0.2) is 51.3 Å². The lowest BCUT2D eigenvalue weighted by Crippen LogP contribution is -2.39. The van der Waals surface area contributed by atoms with Crippen molar-refractivity contribution in [3.05, 3.63) is 59.7 Å². The van der Waals surface area contributed by atoms with Crippen LogP contribution in [0.2, 0.25) is 0 Å². The summed E-state index contributed by atoms with van der Waals surface area (Å²) in [6.07, 6.45) is 0. The number of ether oxygens (including phenoxy) is 2. The van der Waals surface area contributed by atoms with E-state index in [9.17, 15) is 0 Å². The Morgan fingerprint density at radius 3 is 2.28 bits per heavy atom. The number of aliphatic imine (C=N–C) groups is 1. The monoisotopic (exact) mass is 398 g/mol. The van der Waals surface area contributed by atoms with E-state index in [1.54, 1.807) is 14.2 Å². The summed E-state index contributed by atoms with van der Waals surface area (Å²) in [5.41, 5.74) is 2.60. The molecule has 2 N–H and O–H groups in total. The predicted molar refractivity (Wildman–Crippen MR) is 120 cm³/mol. The number of nitrogens with one attached hydrogen (secondary N) is 2. The lowest BCUT2D eigenvalue weighted by atomic mass is 10.1. The van der Waals surface area contributed by atoms with E-state index in [1.165, 1.54) is 11.1 Å². The van der Waals surface area contributed by atoms with Gasteiger partial charge in [0, 0.05) is 26.2 Å². The molecule has 29 heavy (non-hydrogen) atoms. The second-order valence-electron chi connectivity index (χ2n) is 7.15. The van der Waals surface area contributed by atoms with E-state index >= 15 is 0 Å². The second kappa shape index (κ2) is 12.0. The highest BCUT2D eigenvalue weighted by molar-refractivity contribution is 5.79. The lowest BCUT2D eigenvalue weighted by molar-refractivity contribution is 0.265. The van der Waals surface area contributed by atoms with Gasteiger partial charge in [-0.1, -0.05) is 24.3 Å². The predicted octanol–water partition coefficient (Wildman–Crippen LogP) is 3.28. The highest BCUT2D eigenvalue weighted by Gasteiger charge is 2.08. The van der Waals surface area contributed by atoms with Crippen LogP contribution >= 0.6 is 0 Å². The summed E-state index contributed by atoms with van der Waals surface area (Å²) in [4.78, 5) is 6.64. The van der Waals surface area contributed by atoms with Gasteiger partial charge in [-0.2, -0.15) is 0 Å². The lowest BCUT2D eigenvalue weighted by Gasteiger charge is -2.23. The van der Waals surface area contributed by atoms with Crippen molar-refractivity contribution >= 4 is 5.96 Å². The Hall–Kier alpha value is -2.73. The van der Waals surface area contributed by atoms with Crippen LogP contribution in [0.25, 0.3) is 0 Å². The van der Waals surface area contributed by atoms with Gasteiger partial charge in [0.25, 0.3) is 0 Å². The molecule has 0 radical (unpaired) electrons. The molecule has 0 aliphatic heterocycles. The van der Waals surface area contributed by atoms with Gasteiger partial charge in [0.1, 0.15) is 18.1 Å². The van der Waals surface area contributed by atoms with E-state index in [2.05, 4.69) is 65.7 Å². The third-order valence-electron chi connectivity index (χ3n) is 4.81. The van der Waals surface area contributed by atoms with E-state index in [-0.39, 0.29) is 0 Å². The number of methoxy groups -OCH3 is 1. The number of benzene rings is 2. The van der Waals surface area contributed by atoms with Crippen molar-refractivity contribution in [2.45, 2.75) is 33.0 Å². The van der Waals surface area contributed by atoms with Crippen molar-refractivity contribution in [3.63, 3.8) is 0 Å². The summed E-state index contributed by atoms with van der Waals surface area (Å²) >= 11 is 0. The number of guanidine groups is 1. The first-order valence-corrected chi connectivity index (χ1v) is 10.0. The molecule has 0 heterocycles. The van der Waals surface area contributed by atoms with Crippen LogP contribution in [0, 0.1) is 0 Å². The van der Waals surface area contributed by atoms with Crippen molar-refractivity contribution in [2.75, 3.05) is 34.4 Å². The van der Waals surface area contributed by atoms with Crippen LogP contribution in [0.5, 0.6) is 11.5 Å². The van der Waals surface area contributed by atoms with Crippen LogP contribution in [0.15, 0.2) is 53.5 Å². The normalized spacial score (nSPS) is 11.6. The first-order valence-electron chi connectivity index (χ1n) is 10.0. The van der Waals surface area contributed by atoms with Crippen LogP contribution in [0.4, 0.5) is 0 Å². The third-order valence-corrected chi connectivity index (χ3v) is 4.81. The zero-order valence-corrected chi connectivity index (χ0v) is 18.2. The van der Waals surface area contributed by atoms with Gasteiger partial charge in [-0.15, -0.1) is 0 Å². The highest BCUT2D eigenvalue weighted by atomic mass is 16.5. The average Bonchev–Trinajstić information content (AvgIpc) is 2.74. The van der Waals surface area contributed by atoms with E-state index in [4.69, 9.17) is 9.47 Å². The maximum Gasteiger partial charge on any atom is 0.191 e. The maximum absolute atomic E-state index is 5.74. The first-order chi connectivity index (χ1) is 14.0. The van der Waals surface area contributed by atoms with Gasteiger partial charge in [0.2, 0.25) is 0 Å². The first kappa shape index (κ1) is 22.6. The molecule has 6 nitrogen and oxygen atoms in total. The standard InChI is InChI=1S/C23H34N4O2/c1-18(2)27(4)17-20-9-7-6-8-19(20)16-26-23(24-3)25-14-15-29-22-12-10-21(28-5)11-13-22/h6-13,18H,14-17H2,1-5H3,(H2,24,25,26). The molecule has 0 fully saturated rings. The number of rotatable bonds is 10. The molecular formula is C23H34N4O2. The molecule has 0 unspecified atom stereocenters. The van der Waals surface area contributed by atoms with E-state index in [0.717, 1.165) is 30.5 Å². The minimum atomic E-state index is 0.510. The highest BCUT2D eigenvalue weighted by Crippen LogP contribution is 2.16. The Bertz CT molecular complexity index is 760. The molecular weight excluding hydrogens is 364 g/mol. The van der Waals surface area contributed by atoms with Gasteiger partial charge in [-0.3, -0.25) is 9.89 Å². The number of hydrogen-bond donors (Lipinski definition) is 2. The van der Waals surface area contributed by atoms with Gasteiger partial charge in [0.05, 0.1) is 13.7 Å². The largest absolute Gasteiger partial charge is 0.497 e. The fraction of sp³-hybridized carbons (Fsp3) is 0.435. The SMILES string of the molecule is CN=C(NCCOc1ccc(OC)cc1)NCc1ccccc1CN(C)C(C)C. The van der Waals surface area contributed by atoms with E-state index in [0.29, 0.717) is 19.2 Å². The van der Waals surface area contributed by atoms with E-state index in [1.807, 2.05) is 24.3 Å². The summed E-state index contributed by atoms with van der Waals surface area (Å²) in [6, 6.07) is 16.6. The van der Waals surface area contributed by atoms with Gasteiger partial charge in [0.15, 0.2) is 5.96 Å². The summed E-state index contributed by atoms with van der Waals surface area (Å²) in [7, 11) is 5.58. The molecule has 6 heteroatoms. The topological polar surface area (TPSA) is 58.1 Å². The molecule has 0 saturated carbocycles. The Labute approximate surface area is 174 Å². The molecule has 0 aliphatic rings.